The van der Waals surface area contributed by atoms with Crippen molar-refractivity contribution >= 4 is 43.3 Å². The fourth-order valence-corrected chi connectivity index (χ4v) is 4.33. The third-order valence-electron chi connectivity index (χ3n) is 2.73. The molecule has 0 aliphatic rings. The molecule has 1 aromatic heterocycles. The number of thiophene rings is 1. The van der Waals surface area contributed by atoms with Crippen LogP contribution < -0.4 is 0 Å². The fourth-order valence-electron chi connectivity index (χ4n) is 2.07. The van der Waals surface area contributed by atoms with Gasteiger partial charge >= 0.3 is 0 Å². The molecule has 0 atom stereocenters. The Morgan fingerprint density at radius 1 is 0.941 bits per heavy atom. The molecule has 0 nitrogen and oxygen atoms in total. The maximum Gasteiger partial charge on any atom is 0.0491 e. The summed E-state index contributed by atoms with van der Waals surface area (Å²) in [6.45, 7) is 4.49. The highest BCUT2D eigenvalue weighted by Gasteiger charge is 2.09. The minimum absolute atomic E-state index is 0.630. The van der Waals surface area contributed by atoms with Gasteiger partial charge in [-0.1, -0.05) is 44.2 Å². The van der Waals surface area contributed by atoms with Crippen LogP contribution in [0.1, 0.15) is 13.8 Å². The Balaban J connectivity index is 2.31. The van der Waals surface area contributed by atoms with E-state index in [1.807, 2.05) is 23.1 Å². The van der Waals surface area contributed by atoms with Crippen molar-refractivity contribution in [1.29, 1.82) is 0 Å². The molecule has 3 aromatic rings. The van der Waals surface area contributed by atoms with Crippen LogP contribution in [0.2, 0.25) is 0 Å². The van der Waals surface area contributed by atoms with Crippen LogP contribution in [0.15, 0.2) is 47.4 Å². The summed E-state index contributed by atoms with van der Waals surface area (Å²) in [7, 11) is 0. The van der Waals surface area contributed by atoms with E-state index in [0.29, 0.717) is 5.25 Å². The van der Waals surface area contributed by atoms with E-state index < -0.39 is 0 Å². The van der Waals surface area contributed by atoms with Gasteiger partial charge in [-0.3, -0.25) is 0 Å². The monoisotopic (exact) mass is 258 g/mol. The van der Waals surface area contributed by atoms with E-state index in [0.717, 1.165) is 0 Å². The molecule has 0 aliphatic carbocycles. The average Bonchev–Trinajstić information content (AvgIpc) is 2.68. The number of benzene rings is 2. The van der Waals surface area contributed by atoms with Crippen molar-refractivity contribution in [2.75, 3.05) is 0 Å². The number of rotatable bonds is 2. The zero-order valence-corrected chi connectivity index (χ0v) is 11.6. The molecule has 0 spiro atoms. The minimum Gasteiger partial charge on any atom is -0.134 e. The highest BCUT2D eigenvalue weighted by atomic mass is 32.2. The molecule has 0 radical (unpaired) electrons. The lowest BCUT2D eigenvalue weighted by Gasteiger charge is -2.05. The first kappa shape index (κ1) is 11.1. The molecule has 86 valence electrons. The molecule has 2 aromatic carbocycles. The van der Waals surface area contributed by atoms with Crippen molar-refractivity contribution in [3.63, 3.8) is 0 Å². The fraction of sp³-hybridized carbons (Fsp3) is 0.200. The average molecular weight is 258 g/mol. The number of thioether (sulfide) groups is 1. The first-order valence-corrected chi connectivity index (χ1v) is 7.52. The third-order valence-corrected chi connectivity index (χ3v) is 5.15. The Morgan fingerprint density at radius 3 is 2.53 bits per heavy atom. The van der Waals surface area contributed by atoms with Gasteiger partial charge in [0.25, 0.3) is 0 Å². The van der Waals surface area contributed by atoms with Crippen molar-refractivity contribution in [2.45, 2.75) is 24.0 Å². The standard InChI is InChI=1S/C15H14S2/c1-10(2)16-14-9-5-7-12-11-6-3-4-8-13(11)17-15(12)14/h3-10H,1-2H3. The summed E-state index contributed by atoms with van der Waals surface area (Å²) in [5.41, 5.74) is 0. The Hall–Kier alpha value is -0.990. The number of fused-ring (bicyclic) bond motifs is 3. The summed E-state index contributed by atoms with van der Waals surface area (Å²) >= 11 is 3.86. The molecule has 0 saturated carbocycles. The Bertz CT molecular complexity index is 665. The molecular formula is C15H14S2. The second kappa shape index (κ2) is 4.35. The van der Waals surface area contributed by atoms with E-state index in [-0.39, 0.29) is 0 Å². The van der Waals surface area contributed by atoms with Gasteiger partial charge in [0.15, 0.2) is 0 Å². The lowest BCUT2D eigenvalue weighted by Crippen LogP contribution is -1.85. The molecule has 0 amide bonds. The zero-order chi connectivity index (χ0) is 11.8. The first-order valence-electron chi connectivity index (χ1n) is 5.82. The lowest BCUT2D eigenvalue weighted by molar-refractivity contribution is 1.11. The maximum atomic E-state index is 2.25. The van der Waals surface area contributed by atoms with E-state index in [2.05, 4.69) is 56.3 Å². The van der Waals surface area contributed by atoms with Gasteiger partial charge in [-0.2, -0.15) is 0 Å². The lowest BCUT2D eigenvalue weighted by atomic mass is 10.1. The summed E-state index contributed by atoms with van der Waals surface area (Å²) in [5, 5.41) is 3.42. The van der Waals surface area contributed by atoms with E-state index in [9.17, 15) is 0 Å². The van der Waals surface area contributed by atoms with E-state index in [1.165, 1.54) is 25.1 Å². The molecular weight excluding hydrogens is 244 g/mol. The zero-order valence-electron chi connectivity index (χ0n) is 9.94. The van der Waals surface area contributed by atoms with Crippen molar-refractivity contribution in [3.8, 4) is 0 Å². The van der Waals surface area contributed by atoms with E-state index >= 15 is 0 Å². The first-order chi connectivity index (χ1) is 8.25. The molecule has 0 N–H and O–H groups in total. The highest BCUT2D eigenvalue weighted by Crippen LogP contribution is 2.40. The van der Waals surface area contributed by atoms with Gasteiger partial charge < -0.3 is 0 Å². The van der Waals surface area contributed by atoms with Crippen LogP contribution in [-0.4, -0.2) is 5.25 Å². The smallest absolute Gasteiger partial charge is 0.0491 e. The number of hydrogen-bond donors (Lipinski definition) is 0. The van der Waals surface area contributed by atoms with Crippen LogP contribution in [0, 0.1) is 0 Å². The summed E-state index contributed by atoms with van der Waals surface area (Å²) in [5.74, 6) is 0. The molecule has 3 rings (SSSR count). The van der Waals surface area contributed by atoms with Crippen LogP contribution in [-0.2, 0) is 0 Å². The Labute approximate surface area is 110 Å². The van der Waals surface area contributed by atoms with Gasteiger partial charge in [-0.05, 0) is 12.1 Å². The predicted octanol–water partition coefficient (Wildman–Crippen LogP) is 5.56. The minimum atomic E-state index is 0.630. The molecule has 0 saturated heterocycles. The topological polar surface area (TPSA) is 0 Å². The van der Waals surface area contributed by atoms with Gasteiger partial charge in [0, 0.05) is 30.3 Å². The predicted molar refractivity (Wildman–Crippen MR) is 80.3 cm³/mol. The van der Waals surface area contributed by atoms with Crippen LogP contribution >= 0.6 is 23.1 Å². The molecule has 17 heavy (non-hydrogen) atoms. The van der Waals surface area contributed by atoms with Gasteiger partial charge in [-0.25, -0.2) is 0 Å². The molecule has 0 unspecified atom stereocenters. The van der Waals surface area contributed by atoms with Crippen molar-refractivity contribution in [2.24, 2.45) is 0 Å². The highest BCUT2D eigenvalue weighted by molar-refractivity contribution is 8.00. The van der Waals surface area contributed by atoms with Gasteiger partial charge in [0.05, 0.1) is 0 Å². The van der Waals surface area contributed by atoms with Gasteiger partial charge in [-0.15, -0.1) is 23.1 Å². The molecule has 1 heterocycles. The Morgan fingerprint density at radius 2 is 1.71 bits per heavy atom. The third kappa shape index (κ3) is 1.96. The molecule has 2 heteroatoms. The summed E-state index contributed by atoms with van der Waals surface area (Å²) < 4.78 is 2.83. The van der Waals surface area contributed by atoms with Crippen molar-refractivity contribution in [3.05, 3.63) is 42.5 Å². The van der Waals surface area contributed by atoms with Crippen LogP contribution in [0.5, 0.6) is 0 Å². The molecule has 0 fully saturated rings. The van der Waals surface area contributed by atoms with Gasteiger partial charge in [0.1, 0.15) is 0 Å². The number of hydrogen-bond acceptors (Lipinski definition) is 2. The summed E-state index contributed by atoms with van der Waals surface area (Å²) in [6, 6.07) is 15.3. The second-order valence-electron chi connectivity index (χ2n) is 4.40. The van der Waals surface area contributed by atoms with Crippen molar-refractivity contribution in [1.82, 2.24) is 0 Å². The quantitative estimate of drug-likeness (QED) is 0.543. The van der Waals surface area contributed by atoms with Gasteiger partial charge in [0.2, 0.25) is 0 Å². The van der Waals surface area contributed by atoms with E-state index in [4.69, 9.17) is 0 Å². The van der Waals surface area contributed by atoms with E-state index in [1.54, 1.807) is 0 Å². The van der Waals surface area contributed by atoms with Crippen LogP contribution in [0.4, 0.5) is 0 Å². The molecule has 0 bridgehead atoms. The largest absolute Gasteiger partial charge is 0.134 e. The summed E-state index contributed by atoms with van der Waals surface area (Å²) in [4.78, 5) is 1.42. The SMILES string of the molecule is CC(C)Sc1cccc2c1sc1ccccc12. The molecule has 0 aliphatic heterocycles. The maximum absolute atomic E-state index is 2.25. The Kier molecular flexibility index (Phi) is 2.85. The normalized spacial score (nSPS) is 11.7. The van der Waals surface area contributed by atoms with Crippen molar-refractivity contribution < 1.29 is 0 Å². The summed E-state index contributed by atoms with van der Waals surface area (Å²) in [6.07, 6.45) is 0. The second-order valence-corrected chi connectivity index (χ2v) is 7.07. The van der Waals surface area contributed by atoms with Crippen LogP contribution in [0.25, 0.3) is 20.2 Å². The van der Waals surface area contributed by atoms with Crippen LogP contribution in [0.3, 0.4) is 0 Å².